The van der Waals surface area contributed by atoms with Gasteiger partial charge in [0.15, 0.2) is 5.96 Å². The first-order valence-electron chi connectivity index (χ1n) is 9.38. The van der Waals surface area contributed by atoms with Gasteiger partial charge in [-0.15, -0.1) is 24.0 Å². The summed E-state index contributed by atoms with van der Waals surface area (Å²) < 4.78 is 0. The van der Waals surface area contributed by atoms with E-state index in [-0.39, 0.29) is 24.0 Å². The van der Waals surface area contributed by atoms with Gasteiger partial charge >= 0.3 is 0 Å². The van der Waals surface area contributed by atoms with Crippen molar-refractivity contribution in [2.24, 2.45) is 4.99 Å². The highest BCUT2D eigenvalue weighted by Crippen LogP contribution is 2.26. The van der Waals surface area contributed by atoms with Crippen LogP contribution in [-0.2, 0) is 6.54 Å². The van der Waals surface area contributed by atoms with E-state index in [2.05, 4.69) is 38.5 Å². The summed E-state index contributed by atoms with van der Waals surface area (Å²) in [4.78, 5) is 11.5. The van der Waals surface area contributed by atoms with Crippen LogP contribution in [0, 0.1) is 6.92 Å². The van der Waals surface area contributed by atoms with Crippen LogP contribution in [0.25, 0.3) is 0 Å². The molecule has 5 nitrogen and oxygen atoms in total. The number of hydrogen-bond acceptors (Lipinski definition) is 3. The summed E-state index contributed by atoms with van der Waals surface area (Å²) >= 11 is 0. The summed E-state index contributed by atoms with van der Waals surface area (Å²) in [6, 6.07) is 5.46. The highest BCUT2D eigenvalue weighted by atomic mass is 127. The lowest BCUT2D eigenvalue weighted by atomic mass is 10.0. The van der Waals surface area contributed by atoms with Gasteiger partial charge in [-0.25, -0.2) is 0 Å². The Morgan fingerprint density at radius 2 is 1.96 bits per heavy atom. The minimum atomic E-state index is 0. The molecule has 1 saturated heterocycles. The number of aliphatic imine (C=N–C) groups is 1. The average Bonchev–Trinajstić information content (AvgIpc) is 3.15. The minimum Gasteiger partial charge on any atom is -0.354 e. The largest absolute Gasteiger partial charge is 0.354 e. The van der Waals surface area contributed by atoms with Crippen LogP contribution in [0.2, 0.25) is 0 Å². The van der Waals surface area contributed by atoms with Crippen molar-refractivity contribution < 1.29 is 0 Å². The van der Waals surface area contributed by atoms with Crippen LogP contribution in [0.5, 0.6) is 0 Å². The van der Waals surface area contributed by atoms with Crippen LogP contribution in [-0.4, -0.2) is 48.1 Å². The Hall–Kier alpha value is -0.890. The molecule has 3 rings (SSSR count). The summed E-state index contributed by atoms with van der Waals surface area (Å²) in [5, 5.41) is 6.99. The molecule has 2 N–H and O–H groups in total. The topological polar surface area (TPSA) is 52.6 Å². The minimum absolute atomic E-state index is 0. The van der Waals surface area contributed by atoms with Crippen LogP contribution >= 0.6 is 24.0 Å². The molecule has 0 amide bonds. The van der Waals surface area contributed by atoms with Gasteiger partial charge in [-0.05, 0) is 44.2 Å². The quantitative estimate of drug-likeness (QED) is 0.415. The van der Waals surface area contributed by atoms with Gasteiger partial charge in [0.2, 0.25) is 0 Å². The maximum Gasteiger partial charge on any atom is 0.191 e. The number of halogens is 1. The van der Waals surface area contributed by atoms with Gasteiger partial charge < -0.3 is 15.5 Å². The standard InChI is InChI=1S/C19H31N5.HI/c1-15-6-5-11-21-18(15)14-22-19(20-2)23-16-9-12-24(13-10-16)17-7-3-4-8-17;/h5-6,11,16-17H,3-4,7-10,12-14H2,1-2H3,(H2,20,22,23);1H. The molecule has 0 spiro atoms. The highest BCUT2D eigenvalue weighted by molar-refractivity contribution is 14.0. The van der Waals surface area contributed by atoms with Crippen LogP contribution in [0.3, 0.4) is 0 Å². The van der Waals surface area contributed by atoms with Crippen molar-refractivity contribution in [2.45, 2.75) is 64.1 Å². The molecule has 1 aromatic rings. The third-order valence-electron chi connectivity index (χ3n) is 5.48. The summed E-state index contributed by atoms with van der Waals surface area (Å²) in [6.07, 6.45) is 9.92. The van der Waals surface area contributed by atoms with Crippen molar-refractivity contribution in [3.8, 4) is 0 Å². The molecule has 0 unspecified atom stereocenters. The van der Waals surface area contributed by atoms with E-state index in [1.165, 1.54) is 57.2 Å². The zero-order valence-electron chi connectivity index (χ0n) is 15.5. The second-order valence-corrected chi connectivity index (χ2v) is 7.09. The first-order valence-corrected chi connectivity index (χ1v) is 9.38. The molecule has 0 atom stereocenters. The van der Waals surface area contributed by atoms with Crippen molar-refractivity contribution in [3.05, 3.63) is 29.6 Å². The van der Waals surface area contributed by atoms with Crippen LogP contribution in [0.15, 0.2) is 23.3 Å². The van der Waals surface area contributed by atoms with Gasteiger partial charge in [-0.1, -0.05) is 18.9 Å². The number of guanidine groups is 1. The van der Waals surface area contributed by atoms with E-state index in [9.17, 15) is 0 Å². The molecule has 1 saturated carbocycles. The molecule has 25 heavy (non-hydrogen) atoms. The third-order valence-corrected chi connectivity index (χ3v) is 5.48. The maximum atomic E-state index is 4.43. The van der Waals surface area contributed by atoms with Gasteiger partial charge in [-0.3, -0.25) is 9.98 Å². The van der Waals surface area contributed by atoms with Crippen LogP contribution < -0.4 is 10.6 Å². The van der Waals surface area contributed by atoms with E-state index < -0.39 is 0 Å². The van der Waals surface area contributed by atoms with Crippen molar-refractivity contribution in [1.29, 1.82) is 0 Å². The van der Waals surface area contributed by atoms with Crippen molar-refractivity contribution >= 4 is 29.9 Å². The average molecular weight is 457 g/mol. The predicted molar refractivity (Wildman–Crippen MR) is 115 cm³/mol. The monoisotopic (exact) mass is 457 g/mol. The van der Waals surface area contributed by atoms with Gasteiger partial charge in [0.25, 0.3) is 0 Å². The lowest BCUT2D eigenvalue weighted by Crippen LogP contribution is -2.50. The predicted octanol–water partition coefficient (Wildman–Crippen LogP) is 3.08. The molecule has 0 bridgehead atoms. The number of nitrogens with one attached hydrogen (secondary N) is 2. The maximum absolute atomic E-state index is 4.43. The molecule has 1 aliphatic heterocycles. The number of likely N-dealkylation sites (tertiary alicyclic amines) is 1. The molecule has 6 heteroatoms. The number of hydrogen-bond donors (Lipinski definition) is 2. The summed E-state index contributed by atoms with van der Waals surface area (Å²) in [6.45, 7) is 5.25. The summed E-state index contributed by atoms with van der Waals surface area (Å²) in [5.41, 5.74) is 2.29. The Balaban J connectivity index is 0.00000225. The Bertz CT molecular complexity index is 549. The van der Waals surface area contributed by atoms with E-state index in [0.29, 0.717) is 12.6 Å². The molecular weight excluding hydrogens is 425 g/mol. The fourth-order valence-corrected chi connectivity index (χ4v) is 3.94. The molecule has 2 fully saturated rings. The molecule has 0 aromatic carbocycles. The zero-order chi connectivity index (χ0) is 16.8. The third kappa shape index (κ3) is 5.81. The number of nitrogens with zero attached hydrogens (tertiary/aromatic N) is 3. The van der Waals surface area contributed by atoms with Crippen molar-refractivity contribution in [2.75, 3.05) is 20.1 Å². The molecule has 2 heterocycles. The normalized spacial score (nSPS) is 20.3. The molecule has 0 radical (unpaired) electrons. The van der Waals surface area contributed by atoms with Gasteiger partial charge in [-0.2, -0.15) is 0 Å². The van der Waals surface area contributed by atoms with E-state index in [4.69, 9.17) is 0 Å². The van der Waals surface area contributed by atoms with Gasteiger partial charge in [0.1, 0.15) is 0 Å². The summed E-state index contributed by atoms with van der Waals surface area (Å²) in [7, 11) is 1.84. The number of aromatic nitrogens is 1. The second-order valence-electron chi connectivity index (χ2n) is 7.09. The number of aryl methyl sites for hydroxylation is 1. The molecule has 1 aromatic heterocycles. The fourth-order valence-electron chi connectivity index (χ4n) is 3.94. The number of pyridine rings is 1. The smallest absolute Gasteiger partial charge is 0.191 e. The SMILES string of the molecule is CN=C(NCc1ncccc1C)NC1CCN(C2CCCC2)CC1.I. The number of rotatable bonds is 4. The Labute approximate surface area is 169 Å². The van der Waals surface area contributed by atoms with E-state index >= 15 is 0 Å². The zero-order valence-corrected chi connectivity index (χ0v) is 17.8. The van der Waals surface area contributed by atoms with Crippen LogP contribution in [0.4, 0.5) is 0 Å². The molecule has 140 valence electrons. The van der Waals surface area contributed by atoms with Gasteiger partial charge in [0, 0.05) is 38.4 Å². The molecule has 1 aliphatic carbocycles. The van der Waals surface area contributed by atoms with Gasteiger partial charge in [0.05, 0.1) is 12.2 Å². The first kappa shape index (κ1) is 20.4. The first-order chi connectivity index (χ1) is 11.8. The Morgan fingerprint density at radius 3 is 2.60 bits per heavy atom. The molecule has 2 aliphatic rings. The molecular formula is C19H32IN5. The van der Waals surface area contributed by atoms with E-state index in [1.807, 2.05) is 19.3 Å². The highest BCUT2D eigenvalue weighted by Gasteiger charge is 2.27. The van der Waals surface area contributed by atoms with Crippen molar-refractivity contribution in [1.82, 2.24) is 20.5 Å². The Kier molecular flexibility index (Phi) is 8.42. The second kappa shape index (κ2) is 10.3. The lowest BCUT2D eigenvalue weighted by molar-refractivity contribution is 0.150. The van der Waals surface area contributed by atoms with Crippen molar-refractivity contribution in [3.63, 3.8) is 0 Å². The van der Waals surface area contributed by atoms with E-state index in [0.717, 1.165) is 17.7 Å². The van der Waals surface area contributed by atoms with E-state index in [1.54, 1.807) is 0 Å². The fraction of sp³-hybridized carbons (Fsp3) is 0.684. The van der Waals surface area contributed by atoms with Crippen LogP contribution in [0.1, 0.15) is 49.8 Å². The summed E-state index contributed by atoms with van der Waals surface area (Å²) in [5.74, 6) is 0.888. The lowest BCUT2D eigenvalue weighted by Gasteiger charge is -2.36. The Morgan fingerprint density at radius 1 is 1.24 bits per heavy atom. The number of piperidine rings is 1.